The molecule has 46 heavy (non-hydrogen) atoms. The van der Waals surface area contributed by atoms with Crippen LogP contribution in [0.25, 0.3) is 5.57 Å². The topological polar surface area (TPSA) is 3.24 Å². The van der Waals surface area contributed by atoms with Gasteiger partial charge in [0.2, 0.25) is 0 Å². The molecule has 0 amide bonds. The summed E-state index contributed by atoms with van der Waals surface area (Å²) >= 11 is 0. The lowest BCUT2D eigenvalue weighted by Crippen LogP contribution is -2.28. The van der Waals surface area contributed by atoms with E-state index in [0.29, 0.717) is 0 Å². The van der Waals surface area contributed by atoms with Crippen LogP contribution in [0.15, 0.2) is 36.9 Å². The van der Waals surface area contributed by atoms with Gasteiger partial charge in [-0.05, 0) is 37.1 Å². The third-order valence-corrected chi connectivity index (χ3v) is 10.3. The second-order valence-corrected chi connectivity index (χ2v) is 14.9. The van der Waals surface area contributed by atoms with Gasteiger partial charge in [0, 0.05) is 6.54 Å². The largest absolute Gasteiger partial charge is 0.299 e. The van der Waals surface area contributed by atoms with Crippen LogP contribution in [0.2, 0.25) is 0 Å². The summed E-state index contributed by atoms with van der Waals surface area (Å²) < 4.78 is 0. The zero-order chi connectivity index (χ0) is 33.0. The lowest BCUT2D eigenvalue weighted by molar-refractivity contribution is 0.290. The molecule has 0 fully saturated rings. The van der Waals surface area contributed by atoms with Crippen LogP contribution < -0.4 is 0 Å². The highest BCUT2D eigenvalue weighted by molar-refractivity contribution is 5.64. The normalized spacial score (nSPS) is 11.5. The lowest BCUT2D eigenvalue weighted by atomic mass is 10.0. The molecule has 0 saturated carbocycles. The Morgan fingerprint density at radius 2 is 0.652 bits per heavy atom. The Morgan fingerprint density at radius 3 is 0.935 bits per heavy atom. The molecule has 1 aromatic carbocycles. The molecule has 0 bridgehead atoms. The average Bonchev–Trinajstić information content (AvgIpc) is 3.08. The van der Waals surface area contributed by atoms with Crippen molar-refractivity contribution in [3.05, 3.63) is 42.5 Å². The SMILES string of the molecule is C=C(CN(CCCCCCCCCCCCCCCCCC)CCCCCCCCCCCCCCCCCC)c1ccccc1. The molecule has 0 aromatic heterocycles. The van der Waals surface area contributed by atoms with E-state index < -0.39 is 0 Å². The summed E-state index contributed by atoms with van der Waals surface area (Å²) in [5, 5.41) is 0. The number of unbranched alkanes of at least 4 members (excludes halogenated alkanes) is 30. The molecule has 0 saturated heterocycles. The molecule has 0 unspecified atom stereocenters. The van der Waals surface area contributed by atoms with Crippen LogP contribution in [-0.4, -0.2) is 24.5 Å². The number of nitrogens with zero attached hydrogens (tertiary/aromatic N) is 1. The minimum atomic E-state index is 1.03. The quantitative estimate of drug-likeness (QED) is 0.0656. The summed E-state index contributed by atoms with van der Waals surface area (Å²) in [5.74, 6) is 0. The standard InChI is InChI=1S/C45H83N/c1-4-6-8-10-12-14-16-18-20-22-24-26-28-30-32-37-41-46(43-44(3)45-39-35-34-36-40-45)42-38-33-31-29-27-25-23-21-19-17-15-13-11-9-7-5-2/h34-36,39-40H,3-33,37-38,41-43H2,1-2H3. The van der Waals surface area contributed by atoms with E-state index in [1.807, 2.05) is 0 Å². The Hall–Kier alpha value is -1.08. The fraction of sp³-hybridized carbons (Fsp3) is 0.822. The van der Waals surface area contributed by atoms with Crippen LogP contribution in [0.3, 0.4) is 0 Å². The fourth-order valence-electron chi connectivity index (χ4n) is 7.07. The summed E-state index contributed by atoms with van der Waals surface area (Å²) in [7, 11) is 0. The first-order valence-electron chi connectivity index (χ1n) is 21.2. The third-order valence-electron chi connectivity index (χ3n) is 10.3. The third kappa shape index (κ3) is 29.1. The van der Waals surface area contributed by atoms with Gasteiger partial charge < -0.3 is 0 Å². The van der Waals surface area contributed by atoms with E-state index in [9.17, 15) is 0 Å². The van der Waals surface area contributed by atoms with Crippen LogP contribution in [0, 0.1) is 0 Å². The number of hydrogen-bond donors (Lipinski definition) is 0. The predicted molar refractivity (Wildman–Crippen MR) is 211 cm³/mol. The molecule has 268 valence electrons. The molecule has 0 radical (unpaired) electrons. The van der Waals surface area contributed by atoms with E-state index in [2.05, 4.69) is 55.7 Å². The molecule has 1 heteroatoms. The van der Waals surface area contributed by atoms with Gasteiger partial charge in [-0.1, -0.05) is 243 Å². The Balaban J connectivity index is 2.07. The Morgan fingerprint density at radius 1 is 0.391 bits per heavy atom. The summed E-state index contributed by atoms with van der Waals surface area (Å²) in [4.78, 5) is 2.71. The Kier molecular flexibility index (Phi) is 32.9. The van der Waals surface area contributed by atoms with Gasteiger partial charge >= 0.3 is 0 Å². The maximum absolute atomic E-state index is 4.47. The highest BCUT2D eigenvalue weighted by Crippen LogP contribution is 2.18. The molecule has 0 N–H and O–H groups in total. The lowest BCUT2D eigenvalue weighted by Gasteiger charge is -2.23. The molecule has 0 heterocycles. The molecule has 0 aliphatic carbocycles. The van der Waals surface area contributed by atoms with E-state index >= 15 is 0 Å². The van der Waals surface area contributed by atoms with Crippen LogP contribution in [-0.2, 0) is 0 Å². The van der Waals surface area contributed by atoms with Crippen molar-refractivity contribution in [2.45, 2.75) is 219 Å². The molecular weight excluding hydrogens is 555 g/mol. The fourth-order valence-corrected chi connectivity index (χ4v) is 7.07. The monoisotopic (exact) mass is 638 g/mol. The van der Waals surface area contributed by atoms with Gasteiger partial charge in [0.15, 0.2) is 0 Å². The Labute approximate surface area is 291 Å². The summed E-state index contributed by atoms with van der Waals surface area (Å²) in [6.07, 6.45) is 46.1. The van der Waals surface area contributed by atoms with E-state index in [4.69, 9.17) is 0 Å². The molecule has 0 atom stereocenters. The smallest absolute Gasteiger partial charge is 0.0233 e. The van der Waals surface area contributed by atoms with Gasteiger partial charge in [0.1, 0.15) is 0 Å². The van der Waals surface area contributed by atoms with E-state index in [1.54, 1.807) is 0 Å². The van der Waals surface area contributed by atoms with Crippen molar-refractivity contribution >= 4 is 5.57 Å². The van der Waals surface area contributed by atoms with Crippen molar-refractivity contribution in [3.8, 4) is 0 Å². The van der Waals surface area contributed by atoms with Crippen molar-refractivity contribution in [3.63, 3.8) is 0 Å². The average molecular weight is 638 g/mol. The van der Waals surface area contributed by atoms with Crippen molar-refractivity contribution in [1.82, 2.24) is 4.90 Å². The first kappa shape index (κ1) is 42.9. The summed E-state index contributed by atoms with van der Waals surface area (Å²) in [6.45, 7) is 12.6. The zero-order valence-electron chi connectivity index (χ0n) is 31.8. The van der Waals surface area contributed by atoms with Crippen molar-refractivity contribution in [2.24, 2.45) is 0 Å². The summed E-state index contributed by atoms with van der Waals surface area (Å²) in [6, 6.07) is 10.9. The first-order chi connectivity index (χ1) is 22.8. The van der Waals surface area contributed by atoms with Gasteiger partial charge in [-0.2, -0.15) is 0 Å². The van der Waals surface area contributed by atoms with Crippen LogP contribution >= 0.6 is 0 Å². The van der Waals surface area contributed by atoms with Gasteiger partial charge in [-0.15, -0.1) is 0 Å². The van der Waals surface area contributed by atoms with Gasteiger partial charge in [0.05, 0.1) is 0 Å². The second-order valence-electron chi connectivity index (χ2n) is 14.9. The molecule has 1 nitrogen and oxygen atoms in total. The van der Waals surface area contributed by atoms with Crippen LogP contribution in [0.5, 0.6) is 0 Å². The maximum Gasteiger partial charge on any atom is 0.0233 e. The van der Waals surface area contributed by atoms with Crippen LogP contribution in [0.4, 0.5) is 0 Å². The Bertz CT molecular complexity index is 688. The van der Waals surface area contributed by atoms with E-state index in [-0.39, 0.29) is 0 Å². The van der Waals surface area contributed by atoms with E-state index in [0.717, 1.165) is 6.54 Å². The molecule has 0 aliphatic rings. The second kappa shape index (κ2) is 35.2. The van der Waals surface area contributed by atoms with Crippen LogP contribution in [0.1, 0.15) is 225 Å². The van der Waals surface area contributed by atoms with E-state index in [1.165, 1.54) is 230 Å². The molecule has 0 spiro atoms. The van der Waals surface area contributed by atoms with Crippen molar-refractivity contribution in [2.75, 3.05) is 19.6 Å². The molecular formula is C45H83N. The van der Waals surface area contributed by atoms with Gasteiger partial charge in [0.25, 0.3) is 0 Å². The predicted octanol–water partition coefficient (Wildman–Crippen LogP) is 15.5. The number of rotatable bonds is 37. The first-order valence-corrected chi connectivity index (χ1v) is 21.2. The number of hydrogen-bond acceptors (Lipinski definition) is 1. The molecule has 1 rings (SSSR count). The van der Waals surface area contributed by atoms with Gasteiger partial charge in [-0.3, -0.25) is 4.90 Å². The highest BCUT2D eigenvalue weighted by Gasteiger charge is 2.08. The minimum Gasteiger partial charge on any atom is -0.299 e. The van der Waals surface area contributed by atoms with Crippen molar-refractivity contribution < 1.29 is 0 Å². The highest BCUT2D eigenvalue weighted by atomic mass is 15.1. The number of benzene rings is 1. The maximum atomic E-state index is 4.47. The zero-order valence-corrected chi connectivity index (χ0v) is 31.8. The molecule has 0 aliphatic heterocycles. The van der Waals surface area contributed by atoms with Crippen molar-refractivity contribution in [1.29, 1.82) is 0 Å². The summed E-state index contributed by atoms with van der Waals surface area (Å²) in [5.41, 5.74) is 2.60. The minimum absolute atomic E-state index is 1.03. The molecule has 1 aromatic rings. The van der Waals surface area contributed by atoms with Gasteiger partial charge in [-0.25, -0.2) is 0 Å².